The summed E-state index contributed by atoms with van der Waals surface area (Å²) in [5.41, 5.74) is 2.07. The zero-order chi connectivity index (χ0) is 18.8. The normalized spacial score (nSPS) is 10.5. The Hall–Kier alpha value is -3.16. The molecule has 2 heterocycles. The third-order valence-electron chi connectivity index (χ3n) is 4.89. The van der Waals surface area contributed by atoms with E-state index in [1.807, 2.05) is 48.5 Å². The van der Waals surface area contributed by atoms with Gasteiger partial charge in [-0.25, -0.2) is 0 Å². The number of aromatic nitrogens is 2. The fourth-order valence-corrected chi connectivity index (χ4v) is 3.52. The van der Waals surface area contributed by atoms with Crippen LogP contribution in [0, 0.1) is 12.4 Å². The molecule has 0 aliphatic heterocycles. The Morgan fingerprint density at radius 2 is 0.862 bits per heavy atom. The second-order valence-electron chi connectivity index (χ2n) is 6.60. The Balaban J connectivity index is 0.000000137. The minimum atomic E-state index is 0. The van der Waals surface area contributed by atoms with E-state index in [1.54, 1.807) is 0 Å². The SMILES string of the molecule is [Ru+2].[c-]1ccc2ccc3ccccc3c2n1.[c-]1ccc2ccc3ccccc3c2n1. The van der Waals surface area contributed by atoms with E-state index in [0.717, 1.165) is 11.0 Å². The molecule has 2 nitrogen and oxygen atoms in total. The van der Waals surface area contributed by atoms with Crippen LogP contribution in [0.15, 0.2) is 97.1 Å². The molecule has 0 N–H and O–H groups in total. The van der Waals surface area contributed by atoms with Gasteiger partial charge in [0.2, 0.25) is 0 Å². The van der Waals surface area contributed by atoms with E-state index in [1.165, 1.54) is 32.3 Å². The van der Waals surface area contributed by atoms with Crippen LogP contribution in [-0.4, -0.2) is 9.97 Å². The first-order valence-electron chi connectivity index (χ1n) is 9.19. The first-order valence-corrected chi connectivity index (χ1v) is 9.19. The first kappa shape index (κ1) is 19.2. The maximum Gasteiger partial charge on any atom is 2.00 e. The van der Waals surface area contributed by atoms with E-state index in [-0.39, 0.29) is 19.5 Å². The topological polar surface area (TPSA) is 25.8 Å². The monoisotopic (exact) mass is 458 g/mol. The summed E-state index contributed by atoms with van der Waals surface area (Å²) < 4.78 is 0. The minimum absolute atomic E-state index is 0. The molecular formula is C26H16N2Ru. The molecule has 0 bridgehead atoms. The van der Waals surface area contributed by atoms with Gasteiger partial charge >= 0.3 is 19.5 Å². The summed E-state index contributed by atoms with van der Waals surface area (Å²) in [6, 6.07) is 32.8. The van der Waals surface area contributed by atoms with Crippen molar-refractivity contribution >= 4 is 43.4 Å². The molecule has 6 aromatic rings. The van der Waals surface area contributed by atoms with E-state index >= 15 is 0 Å². The number of rotatable bonds is 0. The summed E-state index contributed by atoms with van der Waals surface area (Å²) in [4.78, 5) is 8.57. The third-order valence-corrected chi connectivity index (χ3v) is 4.89. The number of hydrogen-bond acceptors (Lipinski definition) is 2. The van der Waals surface area contributed by atoms with Gasteiger partial charge in [0, 0.05) is 0 Å². The number of fused-ring (bicyclic) bond motifs is 6. The van der Waals surface area contributed by atoms with Crippen molar-refractivity contribution in [2.45, 2.75) is 0 Å². The Kier molecular flexibility index (Phi) is 5.60. The average Bonchev–Trinajstić information content (AvgIpc) is 2.79. The van der Waals surface area contributed by atoms with Gasteiger partial charge < -0.3 is 9.97 Å². The molecule has 0 atom stereocenters. The minimum Gasteiger partial charge on any atom is -0.386 e. The Morgan fingerprint density at radius 3 is 1.34 bits per heavy atom. The van der Waals surface area contributed by atoms with Crippen molar-refractivity contribution in [2.24, 2.45) is 0 Å². The zero-order valence-corrected chi connectivity index (χ0v) is 17.2. The van der Waals surface area contributed by atoms with Crippen molar-refractivity contribution in [3.63, 3.8) is 0 Å². The fraction of sp³-hybridized carbons (Fsp3) is 0. The summed E-state index contributed by atoms with van der Waals surface area (Å²) in [5, 5.41) is 7.19. The van der Waals surface area contributed by atoms with Gasteiger partial charge in [0.25, 0.3) is 0 Å². The standard InChI is InChI=1S/2C13H8N.Ru/c2*1-2-6-12-10(4-1)7-8-11-5-3-9-14-13(11)12;/h2*1-8H;/q2*-1;+2. The molecule has 138 valence electrons. The first-order chi connectivity index (χ1) is 13.9. The average molecular weight is 457 g/mol. The summed E-state index contributed by atoms with van der Waals surface area (Å²) in [6.07, 6.45) is 5.76. The Labute approximate surface area is 182 Å². The van der Waals surface area contributed by atoms with Crippen LogP contribution < -0.4 is 0 Å². The quantitative estimate of drug-likeness (QED) is 0.150. The van der Waals surface area contributed by atoms with Gasteiger partial charge in [-0.3, -0.25) is 0 Å². The van der Waals surface area contributed by atoms with Crippen LogP contribution in [0.25, 0.3) is 43.4 Å². The predicted octanol–water partition coefficient (Wildman–Crippen LogP) is 6.37. The van der Waals surface area contributed by atoms with Crippen LogP contribution in [0.3, 0.4) is 0 Å². The van der Waals surface area contributed by atoms with Crippen molar-refractivity contribution < 1.29 is 19.5 Å². The van der Waals surface area contributed by atoms with Crippen molar-refractivity contribution in [2.75, 3.05) is 0 Å². The number of pyridine rings is 2. The molecule has 29 heavy (non-hydrogen) atoms. The van der Waals surface area contributed by atoms with E-state index in [4.69, 9.17) is 0 Å². The van der Waals surface area contributed by atoms with Crippen LogP contribution in [0.4, 0.5) is 0 Å². The molecule has 0 fully saturated rings. The molecule has 0 spiro atoms. The predicted molar refractivity (Wildman–Crippen MR) is 116 cm³/mol. The molecule has 0 saturated carbocycles. The Morgan fingerprint density at radius 1 is 0.448 bits per heavy atom. The van der Waals surface area contributed by atoms with Gasteiger partial charge in [0.15, 0.2) is 0 Å². The van der Waals surface area contributed by atoms with Crippen LogP contribution in [0.5, 0.6) is 0 Å². The van der Waals surface area contributed by atoms with Gasteiger partial charge in [-0.1, -0.05) is 85.2 Å². The second-order valence-corrected chi connectivity index (χ2v) is 6.60. The number of benzene rings is 4. The molecule has 3 heteroatoms. The van der Waals surface area contributed by atoms with Gasteiger partial charge in [0.05, 0.1) is 0 Å². The van der Waals surface area contributed by atoms with Gasteiger partial charge in [-0.05, 0) is 32.6 Å². The summed E-state index contributed by atoms with van der Waals surface area (Å²) in [7, 11) is 0. The van der Waals surface area contributed by atoms with Crippen molar-refractivity contribution in [1.29, 1.82) is 0 Å². The third kappa shape index (κ3) is 3.74. The summed E-state index contributed by atoms with van der Waals surface area (Å²) in [5.74, 6) is 0. The number of nitrogens with zero attached hydrogens (tertiary/aromatic N) is 2. The number of hydrogen-bond donors (Lipinski definition) is 0. The van der Waals surface area contributed by atoms with Gasteiger partial charge in [-0.15, -0.1) is 10.8 Å². The van der Waals surface area contributed by atoms with Crippen LogP contribution in [-0.2, 0) is 19.5 Å². The van der Waals surface area contributed by atoms with Gasteiger partial charge in [-0.2, -0.15) is 24.3 Å². The van der Waals surface area contributed by atoms with E-state index in [0.29, 0.717) is 0 Å². The molecule has 2 aromatic heterocycles. The van der Waals surface area contributed by atoms with Crippen LogP contribution in [0.2, 0.25) is 0 Å². The van der Waals surface area contributed by atoms with Crippen LogP contribution >= 0.6 is 0 Å². The van der Waals surface area contributed by atoms with Crippen LogP contribution in [0.1, 0.15) is 0 Å². The molecule has 0 saturated heterocycles. The molecule has 6 rings (SSSR count). The molecular weight excluding hydrogens is 441 g/mol. The van der Waals surface area contributed by atoms with E-state index in [9.17, 15) is 0 Å². The fourth-order valence-electron chi connectivity index (χ4n) is 3.52. The summed E-state index contributed by atoms with van der Waals surface area (Å²) in [6.45, 7) is 0. The van der Waals surface area contributed by atoms with Crippen molar-refractivity contribution in [3.8, 4) is 0 Å². The molecule has 0 amide bonds. The molecule has 0 unspecified atom stereocenters. The maximum absolute atomic E-state index is 4.28. The van der Waals surface area contributed by atoms with Crippen molar-refractivity contribution in [3.05, 3.63) is 109 Å². The van der Waals surface area contributed by atoms with Crippen molar-refractivity contribution in [1.82, 2.24) is 9.97 Å². The van der Waals surface area contributed by atoms with E-state index < -0.39 is 0 Å². The largest absolute Gasteiger partial charge is 2.00 e. The molecule has 0 radical (unpaired) electrons. The second kappa shape index (κ2) is 8.47. The summed E-state index contributed by atoms with van der Waals surface area (Å²) >= 11 is 0. The maximum atomic E-state index is 4.28. The molecule has 0 aliphatic carbocycles. The van der Waals surface area contributed by atoms with Gasteiger partial charge in [0.1, 0.15) is 0 Å². The van der Waals surface area contributed by atoms with E-state index in [2.05, 4.69) is 70.9 Å². The zero-order valence-electron chi connectivity index (χ0n) is 15.5. The smallest absolute Gasteiger partial charge is 0.386 e. The molecule has 4 aromatic carbocycles. The molecule has 0 aliphatic rings. The Bertz CT molecular complexity index is 1210.